The van der Waals surface area contributed by atoms with E-state index in [0.717, 1.165) is 41.0 Å². The third-order valence-corrected chi connectivity index (χ3v) is 4.76. The molecule has 1 amide bonds. The minimum atomic E-state index is -0.440. The number of rotatable bonds is 6. The Kier molecular flexibility index (Phi) is 4.58. The maximum absolute atomic E-state index is 12.8. The highest BCUT2D eigenvalue weighted by Crippen LogP contribution is 2.50. The molecule has 4 nitrogen and oxygen atoms in total. The number of carbonyl (C=O) groups is 1. The Bertz CT molecular complexity index is 733. The highest BCUT2D eigenvalue weighted by atomic mass is 16.5. The normalized spacial score (nSPS) is 15.0. The molecule has 3 rings (SSSR count). The number of hydrogen-bond acceptors (Lipinski definition) is 3. The average Bonchev–Trinajstić information content (AvgIpc) is 3.39. The van der Waals surface area contributed by atoms with Gasteiger partial charge in [-0.1, -0.05) is 24.3 Å². The van der Waals surface area contributed by atoms with E-state index in [2.05, 4.69) is 5.32 Å². The molecule has 1 fully saturated rings. The van der Waals surface area contributed by atoms with Gasteiger partial charge < -0.3 is 15.2 Å². The van der Waals surface area contributed by atoms with Crippen molar-refractivity contribution in [2.45, 2.75) is 31.6 Å². The number of hydrogen-bond donors (Lipinski definition) is 2. The van der Waals surface area contributed by atoms with E-state index in [0.29, 0.717) is 6.42 Å². The van der Waals surface area contributed by atoms with Gasteiger partial charge in [-0.2, -0.15) is 0 Å². The van der Waals surface area contributed by atoms with Crippen molar-refractivity contribution in [1.82, 2.24) is 0 Å². The molecule has 0 aliphatic heterocycles. The lowest BCUT2D eigenvalue weighted by atomic mass is 9.93. The molecule has 0 saturated heterocycles. The number of amides is 1. The number of carbonyl (C=O) groups excluding carboxylic acids is 1. The van der Waals surface area contributed by atoms with E-state index < -0.39 is 5.41 Å². The van der Waals surface area contributed by atoms with Crippen molar-refractivity contribution in [2.75, 3.05) is 19.0 Å². The van der Waals surface area contributed by atoms with Crippen LogP contribution in [0.1, 0.15) is 29.5 Å². The lowest BCUT2D eigenvalue weighted by Crippen LogP contribution is -2.27. The van der Waals surface area contributed by atoms with Gasteiger partial charge in [0.1, 0.15) is 5.75 Å². The minimum Gasteiger partial charge on any atom is -0.496 e. The fourth-order valence-corrected chi connectivity index (χ4v) is 3.02. The molecule has 1 aliphatic rings. The van der Waals surface area contributed by atoms with Crippen LogP contribution < -0.4 is 10.1 Å². The molecule has 0 atom stereocenters. The molecule has 0 bridgehead atoms. The summed E-state index contributed by atoms with van der Waals surface area (Å²) in [5.41, 5.74) is 3.48. The molecule has 2 aromatic carbocycles. The Morgan fingerprint density at radius 1 is 1.21 bits per heavy atom. The third-order valence-electron chi connectivity index (χ3n) is 4.76. The molecule has 1 aliphatic carbocycles. The van der Waals surface area contributed by atoms with Gasteiger partial charge in [-0.15, -0.1) is 0 Å². The van der Waals surface area contributed by atoms with Crippen LogP contribution in [-0.2, 0) is 16.6 Å². The van der Waals surface area contributed by atoms with Crippen LogP contribution in [0.25, 0.3) is 0 Å². The zero-order valence-electron chi connectivity index (χ0n) is 14.1. The van der Waals surface area contributed by atoms with Crippen LogP contribution in [0, 0.1) is 6.92 Å². The van der Waals surface area contributed by atoms with Crippen molar-refractivity contribution < 1.29 is 14.6 Å². The summed E-state index contributed by atoms with van der Waals surface area (Å²) in [5.74, 6) is 0.850. The molecule has 126 valence electrons. The van der Waals surface area contributed by atoms with Gasteiger partial charge in [0.05, 0.1) is 12.5 Å². The first-order valence-corrected chi connectivity index (χ1v) is 8.25. The van der Waals surface area contributed by atoms with Crippen molar-refractivity contribution in [2.24, 2.45) is 0 Å². The second kappa shape index (κ2) is 6.65. The number of nitrogens with one attached hydrogen (secondary N) is 1. The first kappa shape index (κ1) is 16.5. The van der Waals surface area contributed by atoms with Crippen molar-refractivity contribution in [3.05, 3.63) is 59.2 Å². The molecule has 0 aromatic heterocycles. The Labute approximate surface area is 142 Å². The molecule has 0 spiro atoms. The topological polar surface area (TPSA) is 58.6 Å². The highest BCUT2D eigenvalue weighted by molar-refractivity contribution is 6.01. The zero-order chi connectivity index (χ0) is 17.2. The molecular weight excluding hydrogens is 302 g/mol. The van der Waals surface area contributed by atoms with E-state index in [-0.39, 0.29) is 12.5 Å². The SMILES string of the molecule is COc1cc(C2(C(=O)Nc3ccc(CCO)cc3)CC2)ccc1C. The van der Waals surface area contributed by atoms with Crippen molar-refractivity contribution >= 4 is 11.6 Å². The first-order chi connectivity index (χ1) is 11.6. The summed E-state index contributed by atoms with van der Waals surface area (Å²) < 4.78 is 5.39. The van der Waals surface area contributed by atoms with Gasteiger partial charge in [-0.05, 0) is 61.1 Å². The summed E-state index contributed by atoms with van der Waals surface area (Å²) in [6.45, 7) is 2.13. The standard InChI is InChI=1S/C20H23NO3/c1-14-3-6-16(13-18(14)24-2)20(10-11-20)19(23)21-17-7-4-15(5-8-17)9-12-22/h3-8,13,22H,9-12H2,1-2H3,(H,21,23). The van der Waals surface area contributed by atoms with Gasteiger partial charge in [-0.3, -0.25) is 4.79 Å². The van der Waals surface area contributed by atoms with Crippen LogP contribution >= 0.6 is 0 Å². The van der Waals surface area contributed by atoms with Crippen LogP contribution in [0.2, 0.25) is 0 Å². The molecule has 2 aromatic rings. The molecular formula is C20H23NO3. The van der Waals surface area contributed by atoms with Gasteiger partial charge in [-0.25, -0.2) is 0 Å². The summed E-state index contributed by atoms with van der Waals surface area (Å²) in [6, 6.07) is 13.6. The maximum atomic E-state index is 12.8. The largest absolute Gasteiger partial charge is 0.496 e. The van der Waals surface area contributed by atoms with E-state index in [1.165, 1.54) is 0 Å². The van der Waals surface area contributed by atoms with Gasteiger partial charge in [0, 0.05) is 12.3 Å². The molecule has 2 N–H and O–H groups in total. The van der Waals surface area contributed by atoms with E-state index in [1.807, 2.05) is 49.4 Å². The number of ether oxygens (including phenoxy) is 1. The van der Waals surface area contributed by atoms with Crippen LogP contribution in [-0.4, -0.2) is 24.7 Å². The Balaban J connectivity index is 1.76. The Hall–Kier alpha value is -2.33. The fraction of sp³-hybridized carbons (Fsp3) is 0.350. The molecule has 0 unspecified atom stereocenters. The minimum absolute atomic E-state index is 0.0308. The molecule has 1 saturated carbocycles. The summed E-state index contributed by atoms with van der Waals surface area (Å²) in [7, 11) is 1.65. The fourth-order valence-electron chi connectivity index (χ4n) is 3.02. The summed E-state index contributed by atoms with van der Waals surface area (Å²) in [5, 5.41) is 12.0. The lowest BCUT2D eigenvalue weighted by molar-refractivity contribution is -0.118. The zero-order valence-corrected chi connectivity index (χ0v) is 14.1. The predicted octanol–water partition coefficient (Wildman–Crippen LogP) is 3.21. The second-order valence-corrected chi connectivity index (χ2v) is 6.39. The number of aliphatic hydroxyl groups is 1. The average molecular weight is 325 g/mol. The number of benzene rings is 2. The van der Waals surface area contributed by atoms with E-state index in [1.54, 1.807) is 7.11 Å². The number of aliphatic hydroxyl groups excluding tert-OH is 1. The van der Waals surface area contributed by atoms with Crippen molar-refractivity contribution in [3.63, 3.8) is 0 Å². The molecule has 4 heteroatoms. The summed E-state index contributed by atoms with van der Waals surface area (Å²) in [6.07, 6.45) is 2.34. The van der Waals surface area contributed by atoms with E-state index in [4.69, 9.17) is 9.84 Å². The van der Waals surface area contributed by atoms with Crippen LogP contribution in [0.15, 0.2) is 42.5 Å². The van der Waals surface area contributed by atoms with Crippen LogP contribution in [0.5, 0.6) is 5.75 Å². The number of anilines is 1. The van der Waals surface area contributed by atoms with E-state index in [9.17, 15) is 4.79 Å². The third kappa shape index (κ3) is 3.15. The van der Waals surface area contributed by atoms with Crippen LogP contribution in [0.3, 0.4) is 0 Å². The summed E-state index contributed by atoms with van der Waals surface area (Å²) >= 11 is 0. The van der Waals surface area contributed by atoms with Crippen molar-refractivity contribution in [3.8, 4) is 5.75 Å². The number of aryl methyl sites for hydroxylation is 1. The van der Waals surface area contributed by atoms with Gasteiger partial charge in [0.2, 0.25) is 5.91 Å². The van der Waals surface area contributed by atoms with E-state index >= 15 is 0 Å². The second-order valence-electron chi connectivity index (χ2n) is 6.39. The summed E-state index contributed by atoms with van der Waals surface area (Å²) in [4.78, 5) is 12.8. The monoisotopic (exact) mass is 325 g/mol. The molecule has 0 heterocycles. The van der Waals surface area contributed by atoms with Crippen molar-refractivity contribution in [1.29, 1.82) is 0 Å². The van der Waals surface area contributed by atoms with Gasteiger partial charge in [0.15, 0.2) is 0 Å². The Morgan fingerprint density at radius 3 is 2.50 bits per heavy atom. The Morgan fingerprint density at radius 2 is 1.92 bits per heavy atom. The van der Waals surface area contributed by atoms with Crippen LogP contribution in [0.4, 0.5) is 5.69 Å². The van der Waals surface area contributed by atoms with Gasteiger partial charge >= 0.3 is 0 Å². The number of methoxy groups -OCH3 is 1. The first-order valence-electron chi connectivity index (χ1n) is 8.25. The quantitative estimate of drug-likeness (QED) is 0.857. The maximum Gasteiger partial charge on any atom is 0.235 e. The lowest BCUT2D eigenvalue weighted by Gasteiger charge is -2.17. The highest BCUT2D eigenvalue weighted by Gasteiger charge is 2.51. The molecule has 24 heavy (non-hydrogen) atoms. The molecule has 0 radical (unpaired) electrons. The predicted molar refractivity (Wildman–Crippen MR) is 94.5 cm³/mol. The van der Waals surface area contributed by atoms with Gasteiger partial charge in [0.25, 0.3) is 0 Å². The smallest absolute Gasteiger partial charge is 0.235 e.